The lowest BCUT2D eigenvalue weighted by Crippen LogP contribution is -2.54. The number of ketones is 1. The number of rotatable bonds is 8. The van der Waals surface area contributed by atoms with Crippen molar-refractivity contribution in [3.05, 3.63) is 29.8 Å². The number of anilines is 1. The van der Waals surface area contributed by atoms with Crippen LogP contribution >= 0.6 is 0 Å². The first-order valence-electron chi connectivity index (χ1n) is 13.9. The zero-order valence-electron chi connectivity index (χ0n) is 22.1. The van der Waals surface area contributed by atoms with E-state index in [2.05, 4.69) is 22.0 Å². The van der Waals surface area contributed by atoms with Gasteiger partial charge in [0.15, 0.2) is 5.78 Å². The lowest BCUT2D eigenvalue weighted by molar-refractivity contribution is -0.139. The molecule has 3 heterocycles. The van der Waals surface area contributed by atoms with Gasteiger partial charge >= 0.3 is 0 Å². The number of nitrogens with one attached hydrogen (secondary N) is 1. The number of likely N-dealkylation sites (tertiary alicyclic amines) is 1. The molecule has 1 saturated carbocycles. The van der Waals surface area contributed by atoms with E-state index in [0.29, 0.717) is 18.7 Å². The van der Waals surface area contributed by atoms with Crippen LogP contribution in [-0.4, -0.2) is 104 Å². The van der Waals surface area contributed by atoms with Crippen LogP contribution in [0.1, 0.15) is 49.9 Å². The van der Waals surface area contributed by atoms with E-state index in [0.717, 1.165) is 64.1 Å². The molecule has 202 valence electrons. The van der Waals surface area contributed by atoms with Crippen molar-refractivity contribution in [2.75, 3.05) is 57.4 Å². The summed E-state index contributed by atoms with van der Waals surface area (Å²) >= 11 is 0. The van der Waals surface area contributed by atoms with E-state index in [1.54, 1.807) is 4.90 Å². The fraction of sp³-hybridized carbons (Fsp3) is 0.679. The number of fused-ring (bicyclic) bond motifs is 1. The van der Waals surface area contributed by atoms with Crippen LogP contribution in [0.3, 0.4) is 0 Å². The number of carbonyl (C=O) groups is 3. The zero-order valence-corrected chi connectivity index (χ0v) is 22.1. The van der Waals surface area contributed by atoms with Crippen molar-refractivity contribution >= 4 is 23.3 Å². The Morgan fingerprint density at radius 1 is 1.08 bits per heavy atom. The number of hydrogen-bond donors (Lipinski definition) is 1. The Bertz CT molecular complexity index is 971. The molecule has 1 aliphatic carbocycles. The van der Waals surface area contributed by atoms with Gasteiger partial charge in [0.05, 0.1) is 6.54 Å². The molecule has 3 saturated heterocycles. The van der Waals surface area contributed by atoms with Crippen LogP contribution in [0.5, 0.6) is 0 Å². The van der Waals surface area contributed by atoms with Gasteiger partial charge in [-0.1, -0.05) is 19.8 Å². The summed E-state index contributed by atoms with van der Waals surface area (Å²) in [6.45, 7) is 9.98. The van der Waals surface area contributed by atoms with Crippen LogP contribution in [0.15, 0.2) is 24.3 Å². The summed E-state index contributed by atoms with van der Waals surface area (Å²) < 4.78 is 11.5. The van der Waals surface area contributed by atoms with Crippen molar-refractivity contribution < 1.29 is 23.9 Å². The fourth-order valence-corrected chi connectivity index (χ4v) is 6.42. The van der Waals surface area contributed by atoms with Gasteiger partial charge in [-0.3, -0.25) is 14.4 Å². The Hall–Kier alpha value is -2.49. The molecule has 4 aliphatic rings. The van der Waals surface area contributed by atoms with Gasteiger partial charge in [-0.15, -0.1) is 0 Å². The van der Waals surface area contributed by atoms with Gasteiger partial charge in [0.25, 0.3) is 5.91 Å². The number of benzene rings is 1. The molecule has 1 aromatic carbocycles. The average molecular weight is 513 g/mol. The van der Waals surface area contributed by atoms with Crippen molar-refractivity contribution in [3.8, 4) is 0 Å². The minimum atomic E-state index is -0.661. The predicted octanol–water partition coefficient (Wildman–Crippen LogP) is 1.70. The topological polar surface area (TPSA) is 91.4 Å². The Morgan fingerprint density at radius 2 is 1.78 bits per heavy atom. The van der Waals surface area contributed by atoms with Crippen molar-refractivity contribution in [1.82, 2.24) is 15.1 Å². The Labute approximate surface area is 219 Å². The number of ether oxygens (including phenoxy) is 2. The second-order valence-corrected chi connectivity index (χ2v) is 10.6. The maximum absolute atomic E-state index is 13.9. The Kier molecular flexibility index (Phi) is 8.12. The Morgan fingerprint density at radius 3 is 2.43 bits per heavy atom. The predicted molar refractivity (Wildman–Crippen MR) is 140 cm³/mol. The highest BCUT2D eigenvalue weighted by Crippen LogP contribution is 2.34. The SMILES string of the molecule is CCO[C@H]1CN(C(=O)[C@@H](NC(=O)c2ccc(N3CCN(CC)CC3)cc2)C2CCCC2)[C@@H]2C(=O)CO[C@H]12. The summed E-state index contributed by atoms with van der Waals surface area (Å²) in [5.41, 5.74) is 1.65. The number of likely N-dealkylation sites (N-methyl/N-ethyl adjacent to an activating group) is 1. The summed E-state index contributed by atoms with van der Waals surface area (Å²) in [6, 6.07) is 6.39. The first-order valence-corrected chi connectivity index (χ1v) is 13.9. The van der Waals surface area contributed by atoms with Gasteiger partial charge in [-0.25, -0.2) is 0 Å². The second kappa shape index (κ2) is 11.5. The van der Waals surface area contributed by atoms with Gasteiger partial charge in [-0.2, -0.15) is 0 Å². The van der Waals surface area contributed by atoms with Gasteiger partial charge in [0.1, 0.15) is 30.9 Å². The molecule has 9 heteroatoms. The molecular weight excluding hydrogens is 472 g/mol. The molecule has 4 atom stereocenters. The molecule has 3 aliphatic heterocycles. The fourth-order valence-electron chi connectivity index (χ4n) is 6.42. The summed E-state index contributed by atoms with van der Waals surface area (Å²) in [5.74, 6) is -0.472. The molecule has 0 spiro atoms. The van der Waals surface area contributed by atoms with Crippen LogP contribution in [-0.2, 0) is 19.1 Å². The molecule has 0 radical (unpaired) electrons. The molecular formula is C28H40N4O5. The van der Waals surface area contributed by atoms with Crippen LogP contribution in [0.2, 0.25) is 0 Å². The molecule has 0 bridgehead atoms. The standard InChI is InChI=1S/C28H40N4O5/c1-3-30-13-15-31(16-14-30)21-11-9-20(10-12-21)27(34)29-24(19-7-5-6-8-19)28(35)32-17-23(36-4-2)26-25(32)22(33)18-37-26/h9-12,19,23-26H,3-8,13-18H2,1-2H3,(H,29,34)/t23-,24-,25+,26+/m0/s1. The van der Waals surface area contributed by atoms with E-state index >= 15 is 0 Å². The van der Waals surface area contributed by atoms with E-state index in [1.165, 1.54) is 0 Å². The van der Waals surface area contributed by atoms with Crippen LogP contribution in [0.25, 0.3) is 0 Å². The highest BCUT2D eigenvalue weighted by molar-refractivity contribution is 5.99. The lowest BCUT2D eigenvalue weighted by Gasteiger charge is -2.35. The lowest BCUT2D eigenvalue weighted by atomic mass is 9.95. The van der Waals surface area contributed by atoms with Gasteiger partial charge in [-0.05, 0) is 56.5 Å². The third-order valence-electron chi connectivity index (χ3n) is 8.54. The second-order valence-electron chi connectivity index (χ2n) is 10.6. The molecule has 9 nitrogen and oxygen atoms in total. The van der Waals surface area contributed by atoms with Crippen molar-refractivity contribution in [3.63, 3.8) is 0 Å². The van der Waals surface area contributed by atoms with Gasteiger partial charge in [0.2, 0.25) is 5.91 Å². The molecule has 37 heavy (non-hydrogen) atoms. The molecule has 0 unspecified atom stereocenters. The minimum absolute atomic E-state index is 0.00296. The van der Waals surface area contributed by atoms with Crippen LogP contribution in [0, 0.1) is 5.92 Å². The Balaban J connectivity index is 1.29. The van der Waals surface area contributed by atoms with Crippen LogP contribution < -0.4 is 10.2 Å². The first kappa shape index (κ1) is 26.1. The molecule has 1 aromatic rings. The zero-order chi connectivity index (χ0) is 25.9. The number of hydrogen-bond acceptors (Lipinski definition) is 7. The normalized spacial score (nSPS) is 27.5. The van der Waals surface area contributed by atoms with Crippen molar-refractivity contribution in [1.29, 1.82) is 0 Å². The molecule has 1 N–H and O–H groups in total. The number of amides is 2. The number of piperazine rings is 1. The van der Waals surface area contributed by atoms with E-state index in [-0.39, 0.29) is 36.2 Å². The largest absolute Gasteiger partial charge is 0.374 e. The average Bonchev–Trinajstić information content (AvgIpc) is 3.67. The van der Waals surface area contributed by atoms with E-state index < -0.39 is 18.2 Å². The summed E-state index contributed by atoms with van der Waals surface area (Å²) in [5, 5.41) is 3.06. The monoisotopic (exact) mass is 512 g/mol. The smallest absolute Gasteiger partial charge is 0.251 e. The van der Waals surface area contributed by atoms with E-state index in [4.69, 9.17) is 9.47 Å². The quantitative estimate of drug-likeness (QED) is 0.567. The number of Topliss-reactive ketones (excluding diaryl/α,β-unsaturated/α-hetero) is 1. The first-order chi connectivity index (χ1) is 18.0. The minimum Gasteiger partial charge on any atom is -0.374 e. The maximum Gasteiger partial charge on any atom is 0.251 e. The summed E-state index contributed by atoms with van der Waals surface area (Å²) in [4.78, 5) is 46.3. The highest BCUT2D eigenvalue weighted by Gasteiger charge is 2.54. The number of carbonyl (C=O) groups excluding carboxylic acids is 3. The van der Waals surface area contributed by atoms with Crippen LogP contribution in [0.4, 0.5) is 5.69 Å². The van der Waals surface area contributed by atoms with Gasteiger partial charge in [0, 0.05) is 44.0 Å². The van der Waals surface area contributed by atoms with E-state index in [9.17, 15) is 14.4 Å². The molecule has 4 fully saturated rings. The van der Waals surface area contributed by atoms with Crippen molar-refractivity contribution in [2.24, 2.45) is 5.92 Å². The molecule has 5 rings (SSSR count). The number of nitrogens with zero attached hydrogens (tertiary/aromatic N) is 3. The molecule has 0 aromatic heterocycles. The third kappa shape index (κ3) is 5.40. The highest BCUT2D eigenvalue weighted by atomic mass is 16.6. The third-order valence-corrected chi connectivity index (χ3v) is 8.54. The van der Waals surface area contributed by atoms with Gasteiger partial charge < -0.3 is 29.5 Å². The van der Waals surface area contributed by atoms with E-state index in [1.807, 2.05) is 31.2 Å². The summed E-state index contributed by atoms with van der Waals surface area (Å²) in [7, 11) is 0. The summed E-state index contributed by atoms with van der Waals surface area (Å²) in [6.07, 6.45) is 3.11. The maximum atomic E-state index is 13.9. The van der Waals surface area contributed by atoms with Crippen molar-refractivity contribution in [2.45, 2.75) is 63.8 Å². The molecule has 2 amide bonds.